The van der Waals surface area contributed by atoms with Crippen molar-refractivity contribution in [3.8, 4) is 0 Å². The van der Waals surface area contributed by atoms with Crippen LogP contribution in [0.1, 0.15) is 39.0 Å². The summed E-state index contributed by atoms with van der Waals surface area (Å²) in [6, 6.07) is 0. The minimum atomic E-state index is -0.152. The highest BCUT2D eigenvalue weighted by Crippen LogP contribution is 2.36. The van der Waals surface area contributed by atoms with E-state index in [2.05, 4.69) is 39.2 Å². The van der Waals surface area contributed by atoms with E-state index < -0.39 is 0 Å². The van der Waals surface area contributed by atoms with Crippen molar-refractivity contribution in [2.75, 3.05) is 45.5 Å². The van der Waals surface area contributed by atoms with Gasteiger partial charge in [0.05, 0.1) is 5.92 Å². The average Bonchev–Trinajstić information content (AvgIpc) is 3.01. The number of carbonyl (C=O) groups excluding carboxylic acids is 1. The predicted molar refractivity (Wildman–Crippen MR) is 118 cm³/mol. The van der Waals surface area contributed by atoms with E-state index in [0.29, 0.717) is 4.75 Å². The second kappa shape index (κ2) is 11.5. The Hall–Kier alpha value is -0.220. The molecule has 2 aliphatic heterocycles. The Morgan fingerprint density at radius 2 is 2.20 bits per heavy atom. The molecule has 2 aliphatic rings. The van der Waals surface area contributed by atoms with E-state index in [1.165, 1.54) is 18.6 Å². The number of halogens is 1. The van der Waals surface area contributed by atoms with Crippen LogP contribution < -0.4 is 16.4 Å². The molecule has 1 amide bonds. The molecule has 0 saturated carbocycles. The SMILES string of the molecule is CN=C(NCCCN1CCCC(C(N)=O)C1)NCC1(C)CCCS1.I. The first-order valence-corrected chi connectivity index (χ1v) is 10.1. The number of hydrogen-bond donors (Lipinski definition) is 3. The van der Waals surface area contributed by atoms with Crippen LogP contribution in [0.15, 0.2) is 4.99 Å². The lowest BCUT2D eigenvalue weighted by molar-refractivity contribution is -0.123. The van der Waals surface area contributed by atoms with Crippen LogP contribution >= 0.6 is 35.7 Å². The molecule has 2 fully saturated rings. The van der Waals surface area contributed by atoms with Crippen LogP contribution in [0.25, 0.3) is 0 Å². The summed E-state index contributed by atoms with van der Waals surface area (Å²) in [5.74, 6) is 2.04. The Morgan fingerprint density at radius 3 is 2.84 bits per heavy atom. The molecule has 0 aromatic heterocycles. The third kappa shape index (κ3) is 7.90. The van der Waals surface area contributed by atoms with Gasteiger partial charge in [-0.3, -0.25) is 9.79 Å². The number of aliphatic imine (C=N–C) groups is 1. The summed E-state index contributed by atoms with van der Waals surface area (Å²) in [7, 11) is 1.82. The number of nitrogens with two attached hydrogens (primary N) is 1. The van der Waals surface area contributed by atoms with Crippen molar-refractivity contribution in [3.05, 3.63) is 0 Å². The van der Waals surface area contributed by atoms with E-state index in [1.54, 1.807) is 0 Å². The fraction of sp³-hybridized carbons (Fsp3) is 0.882. The van der Waals surface area contributed by atoms with Gasteiger partial charge in [0.2, 0.25) is 5.91 Å². The maximum Gasteiger partial charge on any atom is 0.221 e. The number of hydrogen-bond acceptors (Lipinski definition) is 4. The van der Waals surface area contributed by atoms with Crippen molar-refractivity contribution >= 4 is 47.6 Å². The van der Waals surface area contributed by atoms with Gasteiger partial charge in [-0.1, -0.05) is 0 Å². The van der Waals surface area contributed by atoms with Crippen LogP contribution in [0, 0.1) is 5.92 Å². The fourth-order valence-corrected chi connectivity index (χ4v) is 4.71. The highest BCUT2D eigenvalue weighted by molar-refractivity contribution is 14.0. The maximum absolute atomic E-state index is 11.3. The average molecular weight is 483 g/mol. The third-order valence-electron chi connectivity index (χ3n) is 5.01. The Bertz CT molecular complexity index is 443. The molecule has 146 valence electrons. The van der Waals surface area contributed by atoms with E-state index in [1.807, 2.05) is 7.05 Å². The minimum Gasteiger partial charge on any atom is -0.369 e. The van der Waals surface area contributed by atoms with Gasteiger partial charge in [0.25, 0.3) is 0 Å². The van der Waals surface area contributed by atoms with Gasteiger partial charge < -0.3 is 21.3 Å². The fourth-order valence-electron chi connectivity index (χ4n) is 3.47. The molecule has 0 aliphatic carbocycles. The lowest BCUT2D eigenvalue weighted by Crippen LogP contribution is -2.45. The summed E-state index contributed by atoms with van der Waals surface area (Å²) in [6.07, 6.45) is 5.64. The van der Waals surface area contributed by atoms with Crippen molar-refractivity contribution in [3.63, 3.8) is 0 Å². The highest BCUT2D eigenvalue weighted by atomic mass is 127. The number of primary amides is 1. The first kappa shape index (κ1) is 22.8. The summed E-state index contributed by atoms with van der Waals surface area (Å²) in [5, 5.41) is 6.85. The van der Waals surface area contributed by atoms with Crippen molar-refractivity contribution in [2.45, 2.75) is 43.8 Å². The molecule has 8 heteroatoms. The summed E-state index contributed by atoms with van der Waals surface area (Å²) in [5.41, 5.74) is 5.43. The number of rotatable bonds is 7. The summed E-state index contributed by atoms with van der Waals surface area (Å²) in [4.78, 5) is 18.0. The smallest absolute Gasteiger partial charge is 0.221 e. The Morgan fingerprint density at radius 1 is 1.40 bits per heavy atom. The maximum atomic E-state index is 11.3. The van der Waals surface area contributed by atoms with Crippen LogP contribution in [0.3, 0.4) is 0 Å². The van der Waals surface area contributed by atoms with Crippen molar-refractivity contribution < 1.29 is 4.79 Å². The number of nitrogens with zero attached hydrogens (tertiary/aromatic N) is 2. The van der Waals surface area contributed by atoms with E-state index in [4.69, 9.17) is 5.73 Å². The Kier molecular flexibility index (Phi) is 10.5. The van der Waals surface area contributed by atoms with E-state index in [0.717, 1.165) is 57.9 Å². The number of amides is 1. The van der Waals surface area contributed by atoms with Crippen LogP contribution in [-0.4, -0.2) is 67.0 Å². The molecular weight excluding hydrogens is 449 g/mol. The first-order valence-electron chi connectivity index (χ1n) is 9.12. The largest absolute Gasteiger partial charge is 0.369 e. The molecule has 0 radical (unpaired) electrons. The standard InChI is InChI=1S/C17H33N5OS.HI/c1-17(7-4-11-24-17)13-21-16(19-2)20-8-5-10-22-9-3-6-14(12-22)15(18)23;/h14H,3-13H2,1-2H3,(H2,18,23)(H2,19,20,21);1H. The van der Waals surface area contributed by atoms with Gasteiger partial charge in [0, 0.05) is 31.4 Å². The van der Waals surface area contributed by atoms with Crippen molar-refractivity contribution in [2.24, 2.45) is 16.6 Å². The van der Waals surface area contributed by atoms with Crippen LogP contribution in [0.5, 0.6) is 0 Å². The van der Waals surface area contributed by atoms with Gasteiger partial charge in [0.1, 0.15) is 0 Å². The normalized spacial score (nSPS) is 27.6. The number of piperidine rings is 1. The zero-order chi connectivity index (χ0) is 17.4. The first-order chi connectivity index (χ1) is 11.5. The molecule has 0 aromatic rings. The summed E-state index contributed by atoms with van der Waals surface area (Å²) < 4.78 is 0.342. The van der Waals surface area contributed by atoms with Gasteiger partial charge in [-0.25, -0.2) is 0 Å². The van der Waals surface area contributed by atoms with Gasteiger partial charge in [-0.05, 0) is 57.9 Å². The molecule has 2 unspecified atom stereocenters. The zero-order valence-corrected chi connectivity index (χ0v) is 18.7. The Balaban J connectivity index is 0.00000312. The molecule has 0 aromatic carbocycles. The molecule has 2 heterocycles. The second-order valence-electron chi connectivity index (χ2n) is 7.15. The molecule has 6 nitrogen and oxygen atoms in total. The number of carbonyl (C=O) groups is 1. The van der Waals surface area contributed by atoms with Gasteiger partial charge in [-0.2, -0.15) is 11.8 Å². The van der Waals surface area contributed by atoms with Crippen LogP contribution in [0.2, 0.25) is 0 Å². The van der Waals surface area contributed by atoms with Crippen molar-refractivity contribution in [1.29, 1.82) is 0 Å². The number of likely N-dealkylation sites (tertiary alicyclic amines) is 1. The van der Waals surface area contributed by atoms with E-state index >= 15 is 0 Å². The van der Waals surface area contributed by atoms with E-state index in [9.17, 15) is 4.79 Å². The van der Waals surface area contributed by atoms with Crippen molar-refractivity contribution in [1.82, 2.24) is 15.5 Å². The van der Waals surface area contributed by atoms with Crippen LogP contribution in [-0.2, 0) is 4.79 Å². The lowest BCUT2D eigenvalue weighted by Gasteiger charge is -2.31. The number of guanidine groups is 1. The van der Waals surface area contributed by atoms with Gasteiger partial charge in [-0.15, -0.1) is 24.0 Å². The molecule has 2 rings (SSSR count). The van der Waals surface area contributed by atoms with Gasteiger partial charge >= 0.3 is 0 Å². The monoisotopic (exact) mass is 483 g/mol. The zero-order valence-electron chi connectivity index (χ0n) is 15.6. The summed E-state index contributed by atoms with van der Waals surface area (Å²) >= 11 is 2.06. The van der Waals surface area contributed by atoms with E-state index in [-0.39, 0.29) is 35.8 Å². The molecule has 2 saturated heterocycles. The molecular formula is C17H34IN5OS. The molecule has 0 spiro atoms. The highest BCUT2D eigenvalue weighted by Gasteiger charge is 2.29. The lowest BCUT2D eigenvalue weighted by atomic mass is 9.97. The topological polar surface area (TPSA) is 82.8 Å². The molecule has 4 N–H and O–H groups in total. The molecule has 2 atom stereocenters. The number of nitrogens with one attached hydrogen (secondary N) is 2. The molecule has 0 bridgehead atoms. The quantitative estimate of drug-likeness (QED) is 0.222. The van der Waals surface area contributed by atoms with Gasteiger partial charge in [0.15, 0.2) is 5.96 Å². The Labute approximate surface area is 173 Å². The number of thioether (sulfide) groups is 1. The minimum absolute atomic E-state index is 0. The molecule has 25 heavy (non-hydrogen) atoms. The van der Waals surface area contributed by atoms with Crippen LogP contribution in [0.4, 0.5) is 0 Å². The third-order valence-corrected chi connectivity index (χ3v) is 6.54. The predicted octanol–water partition coefficient (Wildman–Crippen LogP) is 1.64. The second-order valence-corrected chi connectivity index (χ2v) is 8.83. The summed E-state index contributed by atoms with van der Waals surface area (Å²) in [6.45, 7) is 7.08.